The van der Waals surface area contributed by atoms with Crippen molar-refractivity contribution in [2.75, 3.05) is 19.8 Å². The van der Waals surface area contributed by atoms with Crippen LogP contribution in [0.1, 0.15) is 54.4 Å². The highest BCUT2D eigenvalue weighted by Gasteiger charge is 2.50. The number of nitrogens with zero attached hydrogens (tertiary/aromatic N) is 2. The molecule has 2 heterocycles. The molecule has 2 aliphatic heterocycles. The van der Waals surface area contributed by atoms with Crippen molar-refractivity contribution in [3.8, 4) is 0 Å². The second kappa shape index (κ2) is 12.0. The molecule has 0 aliphatic carbocycles. The number of rotatable bonds is 10. The fraction of sp³-hybridized carbons (Fsp3) is 0.762. The molecule has 3 atom stereocenters. The zero-order chi connectivity index (χ0) is 28.1. The molecule has 2 rings (SSSR count). The molecule has 4 amide bonds. The van der Waals surface area contributed by atoms with Crippen molar-refractivity contribution >= 4 is 40.4 Å². The summed E-state index contributed by atoms with van der Waals surface area (Å²) < 4.78 is 48.4. The summed E-state index contributed by atoms with van der Waals surface area (Å²) >= 11 is 0. The van der Waals surface area contributed by atoms with Crippen molar-refractivity contribution in [2.24, 2.45) is 11.3 Å². The summed E-state index contributed by atoms with van der Waals surface area (Å²) in [5, 5.41) is 2.57. The van der Waals surface area contributed by atoms with E-state index in [1.807, 2.05) is 5.32 Å². The van der Waals surface area contributed by atoms with Crippen LogP contribution >= 0.6 is 0 Å². The number of urea groups is 1. The van der Waals surface area contributed by atoms with E-state index in [0.29, 0.717) is 5.06 Å². The first-order valence-corrected chi connectivity index (χ1v) is 12.9. The lowest BCUT2D eigenvalue weighted by atomic mass is 9.97. The molecule has 2 aliphatic rings. The van der Waals surface area contributed by atoms with Crippen LogP contribution in [0.25, 0.3) is 0 Å². The largest absolute Gasteiger partial charge is 0.463 e. The van der Waals surface area contributed by atoms with Crippen molar-refractivity contribution < 1.29 is 55.1 Å². The summed E-state index contributed by atoms with van der Waals surface area (Å²) in [5.74, 6) is -2.46. The van der Waals surface area contributed by atoms with Gasteiger partial charge in [-0.2, -0.15) is 13.5 Å². The first-order chi connectivity index (χ1) is 17.0. The van der Waals surface area contributed by atoms with Gasteiger partial charge in [0, 0.05) is 13.5 Å². The van der Waals surface area contributed by atoms with E-state index in [9.17, 15) is 32.4 Å². The number of nitrogens with one attached hydrogen (secondary N) is 1. The van der Waals surface area contributed by atoms with Crippen LogP contribution in [0, 0.1) is 11.3 Å². The summed E-state index contributed by atoms with van der Waals surface area (Å²) in [6.07, 6.45) is -2.13. The van der Waals surface area contributed by atoms with Crippen molar-refractivity contribution in [3.05, 3.63) is 0 Å². The van der Waals surface area contributed by atoms with Gasteiger partial charge in [0.05, 0.1) is 17.4 Å². The Morgan fingerprint density at radius 1 is 1.05 bits per heavy atom. The SMILES string of the molecule is CC(OC(=O)NC(=O)C1CCC2CN1C(=O)N2OS(=O)(=O)OCCOC(=O)C(C)(C)C)OC(=O)C(C)C. The van der Waals surface area contributed by atoms with Crippen molar-refractivity contribution in [1.82, 2.24) is 15.3 Å². The summed E-state index contributed by atoms with van der Waals surface area (Å²) in [5.41, 5.74) is -0.776. The molecule has 210 valence electrons. The number of amides is 4. The lowest BCUT2D eigenvalue weighted by Gasteiger charge is -2.28. The van der Waals surface area contributed by atoms with Crippen LogP contribution in [0.2, 0.25) is 0 Å². The number of hydroxylamine groups is 2. The van der Waals surface area contributed by atoms with E-state index in [2.05, 4.69) is 4.18 Å². The molecule has 1 N–H and O–H groups in total. The normalized spacial score (nSPS) is 20.5. The number of imide groups is 1. The van der Waals surface area contributed by atoms with Crippen molar-refractivity contribution in [3.63, 3.8) is 0 Å². The van der Waals surface area contributed by atoms with Crippen LogP contribution in [0.3, 0.4) is 0 Å². The Morgan fingerprint density at radius 2 is 1.70 bits per heavy atom. The van der Waals surface area contributed by atoms with Gasteiger partial charge in [0.25, 0.3) is 5.91 Å². The molecule has 2 saturated heterocycles. The zero-order valence-corrected chi connectivity index (χ0v) is 22.4. The molecule has 0 saturated carbocycles. The number of ether oxygens (including phenoxy) is 3. The van der Waals surface area contributed by atoms with Crippen LogP contribution < -0.4 is 5.32 Å². The van der Waals surface area contributed by atoms with Gasteiger partial charge in [-0.1, -0.05) is 13.8 Å². The molecule has 2 fully saturated rings. The highest BCUT2D eigenvalue weighted by molar-refractivity contribution is 7.81. The fourth-order valence-corrected chi connectivity index (χ4v) is 3.99. The summed E-state index contributed by atoms with van der Waals surface area (Å²) in [6, 6.07) is -2.70. The number of fused-ring (bicyclic) bond motifs is 2. The van der Waals surface area contributed by atoms with Gasteiger partial charge in [0.1, 0.15) is 19.3 Å². The molecular weight excluding hydrogens is 518 g/mol. The van der Waals surface area contributed by atoms with E-state index < -0.39 is 76.7 Å². The molecular formula is C21H33N3O12S. The van der Waals surface area contributed by atoms with E-state index in [-0.39, 0.29) is 26.0 Å². The van der Waals surface area contributed by atoms with E-state index in [1.165, 1.54) is 6.92 Å². The molecule has 0 radical (unpaired) electrons. The van der Waals surface area contributed by atoms with Crippen LogP contribution in [-0.4, -0.2) is 86.5 Å². The number of carbonyl (C=O) groups is 5. The van der Waals surface area contributed by atoms with E-state index in [0.717, 1.165) is 4.90 Å². The number of piperidine rings is 1. The highest BCUT2D eigenvalue weighted by atomic mass is 32.3. The van der Waals surface area contributed by atoms with Gasteiger partial charge in [-0.25, -0.2) is 13.8 Å². The Labute approximate surface area is 214 Å². The van der Waals surface area contributed by atoms with Crippen LogP contribution in [0.4, 0.5) is 9.59 Å². The lowest BCUT2D eigenvalue weighted by Crippen LogP contribution is -2.51. The molecule has 0 spiro atoms. The average molecular weight is 552 g/mol. The zero-order valence-electron chi connectivity index (χ0n) is 21.5. The Kier molecular flexibility index (Phi) is 9.84. The molecule has 37 heavy (non-hydrogen) atoms. The van der Waals surface area contributed by atoms with Gasteiger partial charge >= 0.3 is 34.5 Å². The highest BCUT2D eigenvalue weighted by Crippen LogP contribution is 2.31. The van der Waals surface area contributed by atoms with Crippen molar-refractivity contribution in [2.45, 2.75) is 72.8 Å². The first-order valence-electron chi connectivity index (χ1n) is 11.6. The lowest BCUT2D eigenvalue weighted by molar-refractivity contribution is -0.168. The van der Waals surface area contributed by atoms with Crippen LogP contribution in [0.5, 0.6) is 0 Å². The predicted molar refractivity (Wildman–Crippen MR) is 122 cm³/mol. The third-order valence-corrected chi connectivity index (χ3v) is 6.00. The Morgan fingerprint density at radius 3 is 2.30 bits per heavy atom. The van der Waals surface area contributed by atoms with E-state index >= 15 is 0 Å². The van der Waals surface area contributed by atoms with Gasteiger partial charge in [-0.15, -0.1) is 4.28 Å². The Balaban J connectivity index is 1.87. The minimum atomic E-state index is -4.69. The van der Waals surface area contributed by atoms with E-state index in [1.54, 1.807) is 34.6 Å². The molecule has 2 bridgehead atoms. The van der Waals surface area contributed by atoms with Crippen LogP contribution in [0.15, 0.2) is 0 Å². The molecule has 0 aromatic rings. The van der Waals surface area contributed by atoms with Gasteiger partial charge in [-0.05, 0) is 33.6 Å². The Hall–Kier alpha value is -2.98. The smallest absolute Gasteiger partial charge is 0.421 e. The molecule has 15 nitrogen and oxygen atoms in total. The Bertz CT molecular complexity index is 1010. The number of hydrogen-bond acceptors (Lipinski definition) is 12. The van der Waals surface area contributed by atoms with Gasteiger partial charge < -0.3 is 19.1 Å². The number of esters is 2. The van der Waals surface area contributed by atoms with Gasteiger partial charge in [0.15, 0.2) is 0 Å². The second-order valence-corrected chi connectivity index (χ2v) is 11.0. The van der Waals surface area contributed by atoms with Crippen LogP contribution in [-0.2, 0) is 47.5 Å². The predicted octanol–water partition coefficient (Wildman–Crippen LogP) is 0.835. The summed E-state index contributed by atoms with van der Waals surface area (Å²) in [4.78, 5) is 61.7. The number of hydrogen-bond donors (Lipinski definition) is 1. The maximum absolute atomic E-state index is 12.7. The minimum absolute atomic E-state index is 0.0346. The summed E-state index contributed by atoms with van der Waals surface area (Å²) in [6.45, 7) is 8.46. The quantitative estimate of drug-likeness (QED) is 0.229. The van der Waals surface area contributed by atoms with Gasteiger partial charge in [-0.3, -0.25) is 19.7 Å². The average Bonchev–Trinajstić information content (AvgIpc) is 2.99. The monoisotopic (exact) mass is 551 g/mol. The first kappa shape index (κ1) is 30.2. The summed E-state index contributed by atoms with van der Waals surface area (Å²) in [7, 11) is -4.69. The topological polar surface area (TPSA) is 184 Å². The second-order valence-electron chi connectivity index (χ2n) is 9.75. The maximum atomic E-state index is 12.7. The van der Waals surface area contributed by atoms with Gasteiger partial charge in [0.2, 0.25) is 6.29 Å². The standard InChI is InChI=1S/C21H33N3O12S/c1-12(2)17(26)34-13(3)35-19(28)22-16(25)15-8-7-14-11-23(15)20(29)24(14)36-37(30,31)33-10-9-32-18(27)21(4,5)6/h12-15H,7-11H2,1-6H3,(H,22,25,28). The maximum Gasteiger partial charge on any atom is 0.421 e. The molecule has 0 aromatic heterocycles. The molecule has 0 aromatic carbocycles. The molecule has 3 unspecified atom stereocenters. The number of alkyl carbamates (subject to hydrolysis) is 1. The third kappa shape index (κ3) is 8.53. The number of carbonyl (C=O) groups excluding carboxylic acids is 5. The third-order valence-electron chi connectivity index (χ3n) is 5.21. The minimum Gasteiger partial charge on any atom is -0.463 e. The molecule has 16 heteroatoms. The van der Waals surface area contributed by atoms with E-state index in [4.69, 9.17) is 18.5 Å². The fourth-order valence-electron chi connectivity index (χ4n) is 3.30. The van der Waals surface area contributed by atoms with Crippen molar-refractivity contribution in [1.29, 1.82) is 0 Å².